The molecule has 6 heteroatoms. The molecule has 0 saturated heterocycles. The highest BCUT2D eigenvalue weighted by molar-refractivity contribution is 6.03. The number of ether oxygens (including phenoxy) is 2. The number of nitrogens with one attached hydrogen (secondary N) is 1. The van der Waals surface area contributed by atoms with E-state index in [0.717, 1.165) is 35.3 Å². The van der Waals surface area contributed by atoms with Gasteiger partial charge in [-0.25, -0.2) is 4.79 Å². The van der Waals surface area contributed by atoms with Crippen molar-refractivity contribution in [3.05, 3.63) is 53.6 Å². The summed E-state index contributed by atoms with van der Waals surface area (Å²) >= 11 is 0. The number of amides is 2. The Labute approximate surface area is 178 Å². The van der Waals surface area contributed by atoms with E-state index in [1.54, 1.807) is 4.90 Å². The lowest BCUT2D eigenvalue weighted by Crippen LogP contribution is -2.31. The molecule has 0 radical (unpaired) electrons. The number of hydrogen-bond acceptors (Lipinski definition) is 4. The van der Waals surface area contributed by atoms with Crippen molar-refractivity contribution in [1.29, 1.82) is 0 Å². The second-order valence-corrected chi connectivity index (χ2v) is 8.69. The van der Waals surface area contributed by atoms with Crippen LogP contribution in [0.3, 0.4) is 0 Å². The molecule has 160 valence electrons. The first kappa shape index (κ1) is 21.8. The van der Waals surface area contributed by atoms with Gasteiger partial charge in [0.05, 0.1) is 17.5 Å². The molecule has 1 aliphatic heterocycles. The van der Waals surface area contributed by atoms with Crippen LogP contribution in [0, 0.1) is 0 Å². The third kappa shape index (κ3) is 5.39. The molecule has 0 unspecified atom stereocenters. The van der Waals surface area contributed by atoms with E-state index in [0.29, 0.717) is 5.69 Å². The first-order valence-corrected chi connectivity index (χ1v) is 10.3. The van der Waals surface area contributed by atoms with Gasteiger partial charge in [-0.15, -0.1) is 0 Å². The van der Waals surface area contributed by atoms with Gasteiger partial charge in [-0.1, -0.05) is 24.3 Å². The number of carbonyl (C=O) groups excluding carboxylic acids is 2. The molecule has 0 bridgehead atoms. The second-order valence-electron chi connectivity index (χ2n) is 8.69. The Kier molecular flexibility index (Phi) is 6.46. The average molecular weight is 411 g/mol. The lowest BCUT2D eigenvalue weighted by atomic mass is 10.0. The Hall–Kier alpha value is -2.86. The highest BCUT2D eigenvalue weighted by Crippen LogP contribution is 2.37. The van der Waals surface area contributed by atoms with E-state index in [-0.39, 0.29) is 18.6 Å². The fraction of sp³-hybridized carbons (Fsp3) is 0.417. The van der Waals surface area contributed by atoms with Crippen molar-refractivity contribution in [3.8, 4) is 0 Å². The van der Waals surface area contributed by atoms with Gasteiger partial charge in [0.15, 0.2) is 0 Å². The Bertz CT molecular complexity index is 931. The predicted molar refractivity (Wildman–Crippen MR) is 118 cm³/mol. The van der Waals surface area contributed by atoms with E-state index in [1.807, 2.05) is 77.1 Å². The molecule has 30 heavy (non-hydrogen) atoms. The SMILES string of the molecule is CC(C)OCC(=O)N1c2ccccc2CCc2ccc(NC(=O)OC(C)(C)C)cc21. The van der Waals surface area contributed by atoms with E-state index in [4.69, 9.17) is 9.47 Å². The molecule has 2 aromatic rings. The lowest BCUT2D eigenvalue weighted by Gasteiger charge is -2.26. The van der Waals surface area contributed by atoms with Crippen LogP contribution in [0.15, 0.2) is 42.5 Å². The van der Waals surface area contributed by atoms with Crippen molar-refractivity contribution in [2.75, 3.05) is 16.8 Å². The quantitative estimate of drug-likeness (QED) is 0.750. The van der Waals surface area contributed by atoms with E-state index < -0.39 is 11.7 Å². The highest BCUT2D eigenvalue weighted by Gasteiger charge is 2.27. The first-order valence-electron chi connectivity index (χ1n) is 10.3. The van der Waals surface area contributed by atoms with Gasteiger partial charge in [0, 0.05) is 5.69 Å². The Balaban J connectivity index is 1.97. The van der Waals surface area contributed by atoms with E-state index >= 15 is 0 Å². The number of carbonyl (C=O) groups is 2. The van der Waals surface area contributed by atoms with Crippen LogP contribution in [0.4, 0.5) is 21.9 Å². The molecule has 1 N–H and O–H groups in total. The number of benzene rings is 2. The predicted octanol–water partition coefficient (Wildman–Crippen LogP) is 5.22. The lowest BCUT2D eigenvalue weighted by molar-refractivity contribution is -0.123. The molecular formula is C24H30N2O4. The van der Waals surface area contributed by atoms with Gasteiger partial charge in [-0.3, -0.25) is 15.0 Å². The van der Waals surface area contributed by atoms with Crippen LogP contribution >= 0.6 is 0 Å². The molecule has 0 saturated carbocycles. The summed E-state index contributed by atoms with van der Waals surface area (Å²) in [4.78, 5) is 27.1. The number of rotatable bonds is 4. The molecular weight excluding hydrogens is 380 g/mol. The Morgan fingerprint density at radius 2 is 1.70 bits per heavy atom. The monoisotopic (exact) mass is 410 g/mol. The van der Waals surface area contributed by atoms with Gasteiger partial charge in [-0.05, 0) is 76.8 Å². The van der Waals surface area contributed by atoms with Crippen LogP contribution in [0.2, 0.25) is 0 Å². The minimum Gasteiger partial charge on any atom is -0.444 e. The van der Waals surface area contributed by atoms with Gasteiger partial charge in [0.2, 0.25) is 0 Å². The summed E-state index contributed by atoms with van der Waals surface area (Å²) in [6.45, 7) is 9.23. The number of hydrogen-bond donors (Lipinski definition) is 1. The number of aryl methyl sites for hydroxylation is 2. The molecule has 0 fully saturated rings. The van der Waals surface area contributed by atoms with Crippen LogP contribution in [0.25, 0.3) is 0 Å². The summed E-state index contributed by atoms with van der Waals surface area (Å²) in [6.07, 6.45) is 1.05. The van der Waals surface area contributed by atoms with Crippen LogP contribution in [0.5, 0.6) is 0 Å². The number of nitrogens with zero attached hydrogens (tertiary/aromatic N) is 1. The third-order valence-electron chi connectivity index (χ3n) is 4.66. The van der Waals surface area contributed by atoms with Crippen molar-refractivity contribution in [3.63, 3.8) is 0 Å². The average Bonchev–Trinajstić information content (AvgIpc) is 2.81. The molecule has 2 amide bonds. The van der Waals surface area contributed by atoms with Crippen molar-refractivity contribution in [2.45, 2.75) is 59.2 Å². The van der Waals surface area contributed by atoms with Crippen molar-refractivity contribution in [1.82, 2.24) is 0 Å². The topological polar surface area (TPSA) is 67.9 Å². The van der Waals surface area contributed by atoms with Crippen LogP contribution < -0.4 is 10.2 Å². The molecule has 6 nitrogen and oxygen atoms in total. The number of fused-ring (bicyclic) bond motifs is 2. The summed E-state index contributed by atoms with van der Waals surface area (Å²) in [5.41, 5.74) is 3.73. The van der Waals surface area contributed by atoms with Crippen molar-refractivity contribution < 1.29 is 19.1 Å². The molecule has 2 aromatic carbocycles. The summed E-state index contributed by atoms with van der Waals surface area (Å²) in [5, 5.41) is 2.77. The summed E-state index contributed by atoms with van der Waals surface area (Å²) in [5.74, 6) is -0.145. The van der Waals surface area contributed by atoms with Gasteiger partial charge >= 0.3 is 6.09 Å². The van der Waals surface area contributed by atoms with E-state index in [2.05, 4.69) is 5.32 Å². The highest BCUT2D eigenvalue weighted by atomic mass is 16.6. The molecule has 0 aromatic heterocycles. The molecule has 0 aliphatic carbocycles. The molecule has 3 rings (SSSR count). The summed E-state index contributed by atoms with van der Waals surface area (Å²) in [7, 11) is 0. The minimum atomic E-state index is -0.592. The molecule has 1 aliphatic rings. The van der Waals surface area contributed by atoms with Crippen molar-refractivity contribution in [2.24, 2.45) is 0 Å². The van der Waals surface area contributed by atoms with Crippen LogP contribution in [-0.2, 0) is 27.1 Å². The van der Waals surface area contributed by atoms with E-state index in [1.165, 1.54) is 0 Å². The number of anilines is 3. The normalized spacial score (nSPS) is 13.3. The maximum atomic E-state index is 13.2. The van der Waals surface area contributed by atoms with Crippen LogP contribution in [0.1, 0.15) is 45.7 Å². The first-order chi connectivity index (χ1) is 14.1. The smallest absolute Gasteiger partial charge is 0.412 e. The maximum Gasteiger partial charge on any atom is 0.412 e. The van der Waals surface area contributed by atoms with Gasteiger partial charge in [0.25, 0.3) is 5.91 Å². The van der Waals surface area contributed by atoms with Gasteiger partial charge in [0.1, 0.15) is 12.2 Å². The fourth-order valence-electron chi connectivity index (χ4n) is 3.39. The zero-order chi connectivity index (χ0) is 21.9. The summed E-state index contributed by atoms with van der Waals surface area (Å²) < 4.78 is 11.0. The van der Waals surface area contributed by atoms with E-state index in [9.17, 15) is 9.59 Å². The Morgan fingerprint density at radius 1 is 1.03 bits per heavy atom. The summed E-state index contributed by atoms with van der Waals surface area (Å²) in [6, 6.07) is 13.5. The maximum absolute atomic E-state index is 13.2. The van der Waals surface area contributed by atoms with Gasteiger partial charge < -0.3 is 9.47 Å². The fourth-order valence-corrected chi connectivity index (χ4v) is 3.39. The van der Waals surface area contributed by atoms with Gasteiger partial charge in [-0.2, -0.15) is 0 Å². The molecule has 1 heterocycles. The largest absolute Gasteiger partial charge is 0.444 e. The molecule has 0 atom stereocenters. The zero-order valence-electron chi connectivity index (χ0n) is 18.3. The minimum absolute atomic E-state index is 0.0187. The molecule has 0 spiro atoms. The zero-order valence-corrected chi connectivity index (χ0v) is 18.3. The second kappa shape index (κ2) is 8.88. The number of para-hydroxylation sites is 1. The Morgan fingerprint density at radius 3 is 2.37 bits per heavy atom. The van der Waals surface area contributed by atoms with Crippen LogP contribution in [-0.4, -0.2) is 30.3 Å². The van der Waals surface area contributed by atoms with Crippen molar-refractivity contribution >= 4 is 29.1 Å². The third-order valence-corrected chi connectivity index (χ3v) is 4.66. The standard InChI is InChI=1S/C24H30N2O4/c1-16(2)29-15-22(27)26-20-9-7-6-8-17(20)10-11-18-12-13-19(14-21(18)26)25-23(28)30-24(3,4)5/h6-9,12-14,16H,10-11,15H2,1-5H3,(H,25,28).